The third kappa shape index (κ3) is 338. The van der Waals surface area contributed by atoms with Crippen LogP contribution in [0.15, 0.2) is 0 Å². The quantitative estimate of drug-likeness (QED) is 0.531. The lowest BCUT2D eigenvalue weighted by Crippen LogP contribution is -1.85. The normalized spacial score (nSPS) is 11.1. The van der Waals surface area contributed by atoms with Gasteiger partial charge in [0.25, 0.3) is 23.9 Å². The van der Waals surface area contributed by atoms with Crippen LogP contribution >= 0.6 is 0 Å². The van der Waals surface area contributed by atoms with Gasteiger partial charge in [-0.25, -0.2) is 0 Å². The summed E-state index contributed by atoms with van der Waals surface area (Å²) >= 11 is 0. The number of carboxylic acids is 4. The van der Waals surface area contributed by atoms with Crippen LogP contribution in [-0.4, -0.2) is 44.3 Å². The fourth-order valence-corrected chi connectivity index (χ4v) is 1.06. The molecule has 22 heavy (non-hydrogen) atoms. The Morgan fingerprint density at radius 2 is 0.500 bits per heavy atom. The summed E-state index contributed by atoms with van der Waals surface area (Å²) in [4.78, 5) is 36.0. The van der Waals surface area contributed by atoms with Gasteiger partial charge in [-0.15, -0.1) is 0 Å². The Balaban J connectivity index is -0.0000000937. The first-order valence-electron chi connectivity index (χ1n) is 6.71. The largest absolute Gasteiger partial charge is 0.481 e. The number of rotatable bonds is 0. The summed E-state index contributed by atoms with van der Waals surface area (Å²) in [6, 6.07) is 0. The molecule has 1 aliphatic carbocycles. The van der Waals surface area contributed by atoms with E-state index in [4.69, 9.17) is 39.6 Å². The second kappa shape index (κ2) is 23.9. The Morgan fingerprint density at radius 3 is 0.545 bits per heavy atom. The van der Waals surface area contributed by atoms with Crippen LogP contribution in [0.1, 0.15) is 66.2 Å². The lowest BCUT2D eigenvalue weighted by molar-refractivity contribution is -0.135. The highest BCUT2D eigenvalue weighted by molar-refractivity contribution is 5.63. The van der Waals surface area contributed by atoms with Gasteiger partial charge in [-0.1, -0.05) is 38.5 Å². The number of carbonyl (C=O) groups is 4. The minimum atomic E-state index is -0.833. The van der Waals surface area contributed by atoms with E-state index in [0.29, 0.717) is 0 Å². The van der Waals surface area contributed by atoms with Crippen molar-refractivity contribution in [2.45, 2.75) is 66.2 Å². The van der Waals surface area contributed by atoms with Gasteiger partial charge in [0, 0.05) is 27.7 Å². The van der Waals surface area contributed by atoms with Crippen molar-refractivity contribution in [2.24, 2.45) is 0 Å². The van der Waals surface area contributed by atoms with Gasteiger partial charge in [-0.05, 0) is 0 Å². The van der Waals surface area contributed by atoms with Crippen LogP contribution in [0, 0.1) is 0 Å². The highest BCUT2D eigenvalue weighted by Gasteiger charge is 1.95. The monoisotopic (exact) mass is 324 g/mol. The van der Waals surface area contributed by atoms with Crippen LogP contribution in [0.3, 0.4) is 0 Å². The molecule has 0 amide bonds. The van der Waals surface area contributed by atoms with E-state index in [1.165, 1.54) is 38.5 Å². The van der Waals surface area contributed by atoms with E-state index in [-0.39, 0.29) is 0 Å². The van der Waals surface area contributed by atoms with E-state index in [9.17, 15) is 0 Å². The first-order chi connectivity index (χ1) is 9.93. The van der Waals surface area contributed by atoms with Gasteiger partial charge >= 0.3 is 0 Å². The predicted molar refractivity (Wildman–Crippen MR) is 80.9 cm³/mol. The van der Waals surface area contributed by atoms with Crippen molar-refractivity contribution in [3.8, 4) is 0 Å². The zero-order valence-electron chi connectivity index (χ0n) is 13.7. The maximum absolute atomic E-state index is 9.00. The molecule has 0 aliphatic heterocycles. The fraction of sp³-hybridized carbons (Fsp3) is 0.714. The third-order valence-electron chi connectivity index (χ3n) is 1.50. The molecule has 0 heterocycles. The van der Waals surface area contributed by atoms with Gasteiger partial charge in [-0.2, -0.15) is 0 Å². The first kappa shape index (κ1) is 28.1. The van der Waals surface area contributed by atoms with Crippen molar-refractivity contribution in [2.75, 3.05) is 0 Å². The molecule has 0 aromatic rings. The van der Waals surface area contributed by atoms with Crippen LogP contribution in [-0.2, 0) is 19.2 Å². The second-order valence-electron chi connectivity index (χ2n) is 4.20. The van der Waals surface area contributed by atoms with Crippen molar-refractivity contribution in [3.63, 3.8) is 0 Å². The van der Waals surface area contributed by atoms with Crippen LogP contribution in [0.4, 0.5) is 0 Å². The molecule has 0 aromatic heterocycles. The van der Waals surface area contributed by atoms with Crippen molar-refractivity contribution in [1.29, 1.82) is 0 Å². The van der Waals surface area contributed by atoms with Crippen LogP contribution in [0.2, 0.25) is 0 Å². The van der Waals surface area contributed by atoms with Gasteiger partial charge in [-0.3, -0.25) is 19.2 Å². The molecule has 0 unspecified atom stereocenters. The molecule has 4 N–H and O–H groups in total. The fourth-order valence-electron chi connectivity index (χ4n) is 1.06. The zero-order chi connectivity index (χ0) is 18.6. The minimum absolute atomic E-state index is 0.833. The van der Waals surface area contributed by atoms with Gasteiger partial charge in [0.15, 0.2) is 0 Å². The summed E-state index contributed by atoms with van der Waals surface area (Å²) in [7, 11) is 0. The molecule has 8 heteroatoms. The molecule has 0 radical (unpaired) electrons. The lowest BCUT2D eigenvalue weighted by Gasteiger charge is -2.05. The summed E-state index contributed by atoms with van der Waals surface area (Å²) in [6.07, 6.45) is 9.00. The van der Waals surface area contributed by atoms with E-state index < -0.39 is 23.9 Å². The molecule has 1 aliphatic rings. The van der Waals surface area contributed by atoms with E-state index in [0.717, 1.165) is 27.7 Å². The van der Waals surface area contributed by atoms with Gasteiger partial charge < -0.3 is 20.4 Å². The molecule has 1 fully saturated rings. The highest BCUT2D eigenvalue weighted by atomic mass is 16.4. The highest BCUT2D eigenvalue weighted by Crippen LogP contribution is 2.15. The molecule has 0 saturated heterocycles. The van der Waals surface area contributed by atoms with Crippen LogP contribution in [0.25, 0.3) is 0 Å². The summed E-state index contributed by atoms with van der Waals surface area (Å²) in [5, 5.41) is 29.7. The van der Waals surface area contributed by atoms with E-state index in [2.05, 4.69) is 0 Å². The Kier molecular flexibility index (Phi) is 30.6. The van der Waals surface area contributed by atoms with Gasteiger partial charge in [0.05, 0.1) is 0 Å². The lowest BCUT2D eigenvalue weighted by atomic mass is 10.0. The van der Waals surface area contributed by atoms with Crippen molar-refractivity contribution in [1.82, 2.24) is 0 Å². The van der Waals surface area contributed by atoms with Crippen molar-refractivity contribution < 1.29 is 39.6 Å². The average Bonchev–Trinajstić information content (AvgIpc) is 2.28. The number of aliphatic carboxylic acids is 4. The molecule has 0 aromatic carbocycles. The summed E-state index contributed by atoms with van der Waals surface area (Å²) in [5.74, 6) is -3.33. The van der Waals surface area contributed by atoms with Gasteiger partial charge in [0.1, 0.15) is 0 Å². The molecule has 0 spiro atoms. The molecule has 1 saturated carbocycles. The average molecular weight is 324 g/mol. The number of hydrogen-bond donors (Lipinski definition) is 4. The SMILES string of the molecule is C1CCCCC1.CC(=O)O.CC(=O)O.CC(=O)O.CC(=O)O. The third-order valence-corrected chi connectivity index (χ3v) is 1.50. The molecule has 0 atom stereocenters. The number of hydrogen-bond acceptors (Lipinski definition) is 4. The van der Waals surface area contributed by atoms with Crippen molar-refractivity contribution >= 4 is 23.9 Å². The Bertz CT molecular complexity index is 220. The molecular weight excluding hydrogens is 296 g/mol. The Morgan fingerprint density at radius 1 is 0.455 bits per heavy atom. The second-order valence-corrected chi connectivity index (χ2v) is 4.20. The standard InChI is InChI=1S/C6H12.4C2H4O2/c1-2-4-6-5-3-1;4*1-2(3)4/h1-6H2;4*1H3,(H,3,4). The topological polar surface area (TPSA) is 149 Å². The molecule has 0 bridgehead atoms. The number of carboxylic acid groups (broad SMARTS) is 4. The molecule has 132 valence electrons. The minimum Gasteiger partial charge on any atom is -0.481 e. The summed E-state index contributed by atoms with van der Waals surface area (Å²) in [5.41, 5.74) is 0. The molecule has 1 rings (SSSR count). The Hall–Kier alpha value is -2.12. The maximum atomic E-state index is 9.00. The summed E-state index contributed by atoms with van der Waals surface area (Å²) < 4.78 is 0. The van der Waals surface area contributed by atoms with Crippen molar-refractivity contribution in [3.05, 3.63) is 0 Å². The van der Waals surface area contributed by atoms with Crippen LogP contribution < -0.4 is 0 Å². The first-order valence-corrected chi connectivity index (χ1v) is 6.71. The predicted octanol–water partition coefficient (Wildman–Crippen LogP) is 2.70. The molecule has 8 nitrogen and oxygen atoms in total. The molecular formula is C14H28O8. The van der Waals surface area contributed by atoms with Crippen LogP contribution in [0.5, 0.6) is 0 Å². The maximum Gasteiger partial charge on any atom is 0.300 e. The van der Waals surface area contributed by atoms with E-state index >= 15 is 0 Å². The summed E-state index contributed by atoms with van der Waals surface area (Å²) in [6.45, 7) is 4.33. The zero-order valence-corrected chi connectivity index (χ0v) is 13.7. The van der Waals surface area contributed by atoms with E-state index in [1.54, 1.807) is 0 Å². The Labute approximate surface area is 130 Å². The van der Waals surface area contributed by atoms with Gasteiger partial charge in [0.2, 0.25) is 0 Å². The van der Waals surface area contributed by atoms with E-state index in [1.807, 2.05) is 0 Å². The smallest absolute Gasteiger partial charge is 0.300 e.